The number of nitro benzene ring substituents is 1. The lowest BCUT2D eigenvalue weighted by atomic mass is 10.1. The van der Waals surface area contributed by atoms with Gasteiger partial charge in [-0.05, 0) is 48.4 Å². The number of nitrogens with one attached hydrogen (secondary N) is 1. The number of hydrogen-bond acceptors (Lipinski definition) is 6. The van der Waals surface area contributed by atoms with Crippen LogP contribution in [-0.2, 0) is 17.8 Å². The Morgan fingerprint density at radius 3 is 2.59 bits per heavy atom. The Labute approximate surface area is 206 Å². The topological polar surface area (TPSA) is 103 Å². The molecule has 0 bridgehead atoms. The predicted molar refractivity (Wildman–Crippen MR) is 131 cm³/mol. The number of amides is 1. The molecule has 10 heteroatoms. The van der Waals surface area contributed by atoms with Gasteiger partial charge in [0.25, 0.3) is 5.69 Å². The van der Waals surface area contributed by atoms with Crippen LogP contribution in [-0.4, -0.2) is 23.7 Å². The van der Waals surface area contributed by atoms with E-state index in [1.165, 1.54) is 18.3 Å². The molecule has 8 nitrogen and oxygen atoms in total. The molecule has 0 aliphatic rings. The van der Waals surface area contributed by atoms with Crippen molar-refractivity contribution in [1.82, 2.24) is 5.43 Å². The van der Waals surface area contributed by atoms with Crippen molar-refractivity contribution in [3.8, 4) is 11.5 Å². The lowest BCUT2D eigenvalue weighted by Crippen LogP contribution is -2.20. The van der Waals surface area contributed by atoms with E-state index < -0.39 is 10.8 Å². The zero-order chi connectivity index (χ0) is 24.5. The van der Waals surface area contributed by atoms with Gasteiger partial charge in [0.15, 0.2) is 11.5 Å². The van der Waals surface area contributed by atoms with E-state index in [4.69, 9.17) is 32.7 Å². The van der Waals surface area contributed by atoms with Gasteiger partial charge in [-0.1, -0.05) is 47.5 Å². The highest BCUT2D eigenvalue weighted by Gasteiger charge is 2.15. The second-order valence-corrected chi connectivity index (χ2v) is 7.85. The minimum absolute atomic E-state index is 0.112. The Bertz CT molecular complexity index is 1220. The summed E-state index contributed by atoms with van der Waals surface area (Å²) in [7, 11) is 0. The quantitative estimate of drug-likeness (QED) is 0.222. The number of carbonyl (C=O) groups is 1. The first kappa shape index (κ1) is 25.0. The highest BCUT2D eigenvalue weighted by Crippen LogP contribution is 2.30. The van der Waals surface area contributed by atoms with Crippen molar-refractivity contribution in [3.05, 3.63) is 97.5 Å². The maximum Gasteiger partial charge on any atom is 0.273 e. The number of para-hydroxylation sites is 1. The molecule has 1 amide bonds. The number of rotatable bonds is 10. The minimum Gasteiger partial charge on any atom is -0.490 e. The number of nitrogens with zero attached hydrogens (tertiary/aromatic N) is 2. The van der Waals surface area contributed by atoms with Gasteiger partial charge in [0, 0.05) is 11.6 Å². The van der Waals surface area contributed by atoms with E-state index in [9.17, 15) is 14.9 Å². The van der Waals surface area contributed by atoms with Crippen LogP contribution in [0.1, 0.15) is 23.6 Å². The largest absolute Gasteiger partial charge is 0.490 e. The monoisotopic (exact) mass is 501 g/mol. The third kappa shape index (κ3) is 6.94. The molecule has 0 spiro atoms. The Hall–Kier alpha value is -3.62. The number of carbonyl (C=O) groups excluding carboxylic acids is 1. The van der Waals surface area contributed by atoms with Gasteiger partial charge >= 0.3 is 0 Å². The first-order valence-corrected chi connectivity index (χ1v) is 11.0. The summed E-state index contributed by atoms with van der Waals surface area (Å²) < 4.78 is 11.5. The highest BCUT2D eigenvalue weighted by molar-refractivity contribution is 6.42. The molecular formula is C24H21Cl2N3O5. The van der Waals surface area contributed by atoms with Gasteiger partial charge in [-0.2, -0.15) is 5.10 Å². The van der Waals surface area contributed by atoms with E-state index >= 15 is 0 Å². The predicted octanol–water partition coefficient (Wildman–Crippen LogP) is 5.57. The van der Waals surface area contributed by atoms with E-state index in [-0.39, 0.29) is 18.7 Å². The van der Waals surface area contributed by atoms with E-state index in [2.05, 4.69) is 10.5 Å². The van der Waals surface area contributed by atoms with E-state index in [0.717, 1.165) is 5.56 Å². The van der Waals surface area contributed by atoms with Gasteiger partial charge in [-0.25, -0.2) is 5.43 Å². The first-order chi connectivity index (χ1) is 16.4. The van der Waals surface area contributed by atoms with Crippen LogP contribution in [0.15, 0.2) is 65.8 Å². The second kappa shape index (κ2) is 12.0. The number of ether oxygens (including phenoxy) is 2. The fourth-order valence-electron chi connectivity index (χ4n) is 3.01. The normalized spacial score (nSPS) is 10.8. The summed E-state index contributed by atoms with van der Waals surface area (Å²) in [6, 6.07) is 16.6. The molecule has 0 unspecified atom stereocenters. The molecule has 0 fully saturated rings. The maximum atomic E-state index is 12.2. The Kier molecular flexibility index (Phi) is 8.84. The average molecular weight is 502 g/mol. The zero-order valence-electron chi connectivity index (χ0n) is 18.2. The molecule has 0 radical (unpaired) electrons. The van der Waals surface area contributed by atoms with Crippen LogP contribution in [0.2, 0.25) is 10.0 Å². The Morgan fingerprint density at radius 2 is 1.85 bits per heavy atom. The van der Waals surface area contributed by atoms with Crippen LogP contribution in [0.4, 0.5) is 5.69 Å². The summed E-state index contributed by atoms with van der Waals surface area (Å²) in [5.74, 6) is 0.570. The molecule has 0 heterocycles. The second-order valence-electron chi connectivity index (χ2n) is 7.03. The van der Waals surface area contributed by atoms with Crippen molar-refractivity contribution >= 4 is 41.0 Å². The van der Waals surface area contributed by atoms with Crippen molar-refractivity contribution in [2.45, 2.75) is 20.0 Å². The molecule has 3 aromatic rings. The SMILES string of the molecule is CCOc1cc(/C=N/NC(=O)Cc2ccccc2[N+](=O)[O-])ccc1OCc1ccc(Cl)c(Cl)c1. The molecular weight excluding hydrogens is 481 g/mol. The summed E-state index contributed by atoms with van der Waals surface area (Å²) in [6.07, 6.45) is 1.28. The molecule has 176 valence electrons. The maximum absolute atomic E-state index is 12.2. The summed E-state index contributed by atoms with van der Waals surface area (Å²) in [4.78, 5) is 22.7. The van der Waals surface area contributed by atoms with Crippen molar-refractivity contribution in [2.75, 3.05) is 6.61 Å². The van der Waals surface area contributed by atoms with Crippen molar-refractivity contribution in [2.24, 2.45) is 5.10 Å². The fourth-order valence-corrected chi connectivity index (χ4v) is 3.33. The van der Waals surface area contributed by atoms with Crippen LogP contribution in [0.25, 0.3) is 0 Å². The fraction of sp³-hybridized carbons (Fsp3) is 0.167. The summed E-state index contributed by atoms with van der Waals surface area (Å²) >= 11 is 12.0. The molecule has 0 aliphatic carbocycles. The Morgan fingerprint density at radius 1 is 1.06 bits per heavy atom. The third-order valence-corrected chi connectivity index (χ3v) is 5.33. The van der Waals surface area contributed by atoms with Crippen LogP contribution < -0.4 is 14.9 Å². The molecule has 0 atom stereocenters. The smallest absolute Gasteiger partial charge is 0.273 e. The molecule has 0 saturated carbocycles. The van der Waals surface area contributed by atoms with E-state index in [1.807, 2.05) is 13.0 Å². The van der Waals surface area contributed by atoms with Crippen molar-refractivity contribution in [1.29, 1.82) is 0 Å². The van der Waals surface area contributed by atoms with Crippen LogP contribution in [0, 0.1) is 10.1 Å². The van der Waals surface area contributed by atoms with Gasteiger partial charge in [0.1, 0.15) is 6.61 Å². The summed E-state index contributed by atoms with van der Waals surface area (Å²) in [5.41, 5.74) is 4.09. The van der Waals surface area contributed by atoms with Crippen molar-refractivity contribution in [3.63, 3.8) is 0 Å². The van der Waals surface area contributed by atoms with Crippen LogP contribution in [0.5, 0.6) is 11.5 Å². The van der Waals surface area contributed by atoms with Gasteiger partial charge in [-0.15, -0.1) is 0 Å². The van der Waals surface area contributed by atoms with Crippen molar-refractivity contribution < 1.29 is 19.2 Å². The number of halogens is 2. The number of benzene rings is 3. The molecule has 1 N–H and O–H groups in total. The standard InChI is InChI=1S/C24H21Cl2N3O5/c1-2-33-23-12-16(8-10-22(23)34-15-17-7-9-19(25)20(26)11-17)14-27-28-24(30)13-18-5-3-4-6-21(18)29(31)32/h3-12,14H,2,13,15H2,1H3,(H,28,30)/b27-14+. The molecule has 0 aliphatic heterocycles. The lowest BCUT2D eigenvalue weighted by Gasteiger charge is -2.13. The molecule has 0 aromatic heterocycles. The summed E-state index contributed by atoms with van der Waals surface area (Å²) in [5, 5.41) is 15.9. The number of hydrazone groups is 1. The molecule has 3 aromatic carbocycles. The Balaban J connectivity index is 1.63. The highest BCUT2D eigenvalue weighted by atomic mass is 35.5. The molecule has 34 heavy (non-hydrogen) atoms. The van der Waals surface area contributed by atoms with E-state index in [0.29, 0.717) is 39.3 Å². The summed E-state index contributed by atoms with van der Waals surface area (Å²) in [6.45, 7) is 2.55. The van der Waals surface area contributed by atoms with Crippen LogP contribution in [0.3, 0.4) is 0 Å². The van der Waals surface area contributed by atoms with Gasteiger partial charge < -0.3 is 9.47 Å². The number of hydrogen-bond donors (Lipinski definition) is 1. The third-order valence-electron chi connectivity index (χ3n) is 4.59. The van der Waals surface area contributed by atoms with Gasteiger partial charge in [0.2, 0.25) is 5.91 Å². The minimum atomic E-state index is -0.522. The van der Waals surface area contributed by atoms with Gasteiger partial charge in [0.05, 0.1) is 34.2 Å². The lowest BCUT2D eigenvalue weighted by molar-refractivity contribution is -0.385. The van der Waals surface area contributed by atoms with Gasteiger partial charge in [-0.3, -0.25) is 14.9 Å². The first-order valence-electron chi connectivity index (χ1n) is 10.2. The molecule has 3 rings (SSSR count). The number of nitro groups is 1. The molecule has 0 saturated heterocycles. The average Bonchev–Trinajstić information content (AvgIpc) is 2.81. The zero-order valence-corrected chi connectivity index (χ0v) is 19.7. The van der Waals surface area contributed by atoms with E-state index in [1.54, 1.807) is 42.5 Å². The van der Waals surface area contributed by atoms with Crippen LogP contribution >= 0.6 is 23.2 Å².